The second-order valence-corrected chi connectivity index (χ2v) is 3.20. The van der Waals surface area contributed by atoms with Crippen LogP contribution in [0, 0.1) is 0 Å². The molecule has 0 spiro atoms. The number of aromatic nitrogens is 3. The summed E-state index contributed by atoms with van der Waals surface area (Å²) in [6, 6.07) is 0.456. The molecule has 0 aromatic carbocycles. The van der Waals surface area contributed by atoms with Crippen molar-refractivity contribution in [2.75, 3.05) is 0 Å². The first-order valence-electron chi connectivity index (χ1n) is 4.34. The van der Waals surface area contributed by atoms with Crippen LogP contribution in [0.15, 0.2) is 6.33 Å². The first-order chi connectivity index (χ1) is 5.79. The maximum absolute atomic E-state index is 5.84. The maximum atomic E-state index is 5.84. The third-order valence-corrected chi connectivity index (χ3v) is 2.29. The smallest absolute Gasteiger partial charge is 0.225 e. The van der Waals surface area contributed by atoms with Crippen LogP contribution in [0.3, 0.4) is 0 Å². The summed E-state index contributed by atoms with van der Waals surface area (Å²) in [6.07, 6.45) is 5.07. The topological polar surface area (TPSA) is 30.7 Å². The van der Waals surface area contributed by atoms with Gasteiger partial charge in [0.2, 0.25) is 5.28 Å². The third-order valence-electron chi connectivity index (χ3n) is 2.02. The van der Waals surface area contributed by atoms with Crippen molar-refractivity contribution in [3.05, 3.63) is 11.6 Å². The van der Waals surface area contributed by atoms with E-state index in [9.17, 15) is 0 Å². The van der Waals surface area contributed by atoms with Crippen LogP contribution in [-0.4, -0.2) is 14.8 Å². The number of halogens is 1. The van der Waals surface area contributed by atoms with Gasteiger partial charge in [-0.15, -0.1) is 10.2 Å². The minimum absolute atomic E-state index is 0.456. The molecule has 0 saturated carbocycles. The lowest BCUT2D eigenvalue weighted by Crippen LogP contribution is -2.06. The molecule has 0 fully saturated rings. The summed E-state index contributed by atoms with van der Waals surface area (Å²) in [5, 5.41) is 8.00. The van der Waals surface area contributed by atoms with E-state index in [1.54, 1.807) is 6.33 Å². The van der Waals surface area contributed by atoms with Gasteiger partial charge < -0.3 is 4.57 Å². The molecule has 0 amide bonds. The summed E-state index contributed by atoms with van der Waals surface area (Å²) < 4.78 is 1.94. The van der Waals surface area contributed by atoms with Crippen molar-refractivity contribution in [3.8, 4) is 0 Å². The average molecular weight is 188 g/mol. The summed E-state index contributed by atoms with van der Waals surface area (Å²) in [5.74, 6) is 0. The van der Waals surface area contributed by atoms with Gasteiger partial charge >= 0.3 is 0 Å². The van der Waals surface area contributed by atoms with E-state index in [-0.39, 0.29) is 0 Å². The van der Waals surface area contributed by atoms with Crippen LogP contribution in [0.25, 0.3) is 0 Å². The van der Waals surface area contributed by atoms with E-state index >= 15 is 0 Å². The molecule has 0 aliphatic rings. The minimum atomic E-state index is 0.456. The molecule has 4 heteroatoms. The molecule has 0 aliphatic carbocycles. The summed E-state index contributed by atoms with van der Waals surface area (Å²) in [7, 11) is 0. The van der Waals surface area contributed by atoms with Gasteiger partial charge in [-0.2, -0.15) is 0 Å². The van der Waals surface area contributed by atoms with Crippen molar-refractivity contribution >= 4 is 11.6 Å². The molecule has 1 rings (SSSR count). The van der Waals surface area contributed by atoms with Gasteiger partial charge in [-0.05, 0) is 24.4 Å². The zero-order chi connectivity index (χ0) is 8.97. The van der Waals surface area contributed by atoms with E-state index in [2.05, 4.69) is 24.0 Å². The molecule has 68 valence electrons. The highest BCUT2D eigenvalue weighted by Crippen LogP contribution is 2.20. The molecule has 1 atom stereocenters. The summed E-state index contributed by atoms with van der Waals surface area (Å²) in [6.45, 7) is 4.32. The molecule has 1 aromatic rings. The first-order valence-corrected chi connectivity index (χ1v) is 4.72. The fourth-order valence-electron chi connectivity index (χ4n) is 1.35. The predicted octanol–water partition coefficient (Wildman–Crippen LogP) is 2.68. The van der Waals surface area contributed by atoms with Gasteiger partial charge in [-0.1, -0.05) is 20.3 Å². The van der Waals surface area contributed by atoms with Crippen LogP contribution in [0.1, 0.15) is 39.2 Å². The van der Waals surface area contributed by atoms with Crippen LogP contribution < -0.4 is 0 Å². The molecule has 0 radical (unpaired) electrons. The van der Waals surface area contributed by atoms with Crippen LogP contribution in [0.5, 0.6) is 0 Å². The minimum Gasteiger partial charge on any atom is -0.301 e. The van der Waals surface area contributed by atoms with Crippen molar-refractivity contribution < 1.29 is 0 Å². The highest BCUT2D eigenvalue weighted by Gasteiger charge is 2.10. The predicted molar refractivity (Wildman–Crippen MR) is 49.3 cm³/mol. The second-order valence-electron chi connectivity index (χ2n) is 2.86. The van der Waals surface area contributed by atoms with Gasteiger partial charge in [0.15, 0.2) is 0 Å². The van der Waals surface area contributed by atoms with E-state index in [4.69, 9.17) is 11.6 Å². The molecule has 0 bridgehead atoms. The van der Waals surface area contributed by atoms with Crippen molar-refractivity contribution in [2.24, 2.45) is 0 Å². The fourth-order valence-corrected chi connectivity index (χ4v) is 1.57. The summed E-state index contributed by atoms with van der Waals surface area (Å²) in [5.41, 5.74) is 0. The quantitative estimate of drug-likeness (QED) is 0.726. The Kier molecular flexibility index (Phi) is 3.53. The Balaban J connectivity index is 2.72. The molecular weight excluding hydrogens is 174 g/mol. The summed E-state index contributed by atoms with van der Waals surface area (Å²) in [4.78, 5) is 0. The number of rotatable bonds is 4. The van der Waals surface area contributed by atoms with E-state index in [1.165, 1.54) is 0 Å². The first kappa shape index (κ1) is 9.52. The normalized spacial score (nSPS) is 13.2. The highest BCUT2D eigenvalue weighted by atomic mass is 35.5. The van der Waals surface area contributed by atoms with Crippen LogP contribution >= 0.6 is 11.6 Å². The van der Waals surface area contributed by atoms with E-state index in [0.717, 1.165) is 19.3 Å². The molecule has 0 saturated heterocycles. The Morgan fingerprint density at radius 3 is 2.75 bits per heavy atom. The largest absolute Gasteiger partial charge is 0.301 e. The van der Waals surface area contributed by atoms with Crippen molar-refractivity contribution in [1.82, 2.24) is 14.8 Å². The van der Waals surface area contributed by atoms with Crippen LogP contribution in [0.2, 0.25) is 5.28 Å². The van der Waals surface area contributed by atoms with Gasteiger partial charge in [0, 0.05) is 6.04 Å². The van der Waals surface area contributed by atoms with E-state index in [0.29, 0.717) is 11.3 Å². The second kappa shape index (κ2) is 4.45. The summed E-state index contributed by atoms with van der Waals surface area (Å²) >= 11 is 5.84. The van der Waals surface area contributed by atoms with Gasteiger partial charge in [0.1, 0.15) is 6.33 Å². The Morgan fingerprint density at radius 2 is 2.33 bits per heavy atom. The Morgan fingerprint density at radius 1 is 1.58 bits per heavy atom. The average Bonchev–Trinajstić information content (AvgIpc) is 2.47. The van der Waals surface area contributed by atoms with Crippen molar-refractivity contribution in [2.45, 2.75) is 39.2 Å². The lowest BCUT2D eigenvalue weighted by molar-refractivity contribution is 0.447. The fraction of sp³-hybridized carbons (Fsp3) is 0.750. The van der Waals surface area contributed by atoms with Crippen molar-refractivity contribution in [3.63, 3.8) is 0 Å². The Labute approximate surface area is 77.8 Å². The molecule has 1 heterocycles. The van der Waals surface area contributed by atoms with E-state index in [1.807, 2.05) is 4.57 Å². The van der Waals surface area contributed by atoms with Crippen molar-refractivity contribution in [1.29, 1.82) is 0 Å². The number of nitrogens with zero attached hydrogens (tertiary/aromatic N) is 3. The molecule has 12 heavy (non-hydrogen) atoms. The van der Waals surface area contributed by atoms with Crippen LogP contribution in [0.4, 0.5) is 0 Å². The van der Waals surface area contributed by atoms with Gasteiger partial charge in [0.25, 0.3) is 0 Å². The monoisotopic (exact) mass is 187 g/mol. The molecule has 1 unspecified atom stereocenters. The molecule has 1 aromatic heterocycles. The van der Waals surface area contributed by atoms with Crippen LogP contribution in [-0.2, 0) is 0 Å². The van der Waals surface area contributed by atoms with Gasteiger partial charge in [0.05, 0.1) is 0 Å². The molecule has 0 aliphatic heterocycles. The number of hydrogen-bond acceptors (Lipinski definition) is 2. The van der Waals surface area contributed by atoms with E-state index < -0.39 is 0 Å². The molecular formula is C8H14ClN3. The zero-order valence-electron chi connectivity index (χ0n) is 7.50. The molecule has 3 nitrogen and oxygen atoms in total. The van der Waals surface area contributed by atoms with Gasteiger partial charge in [-0.25, -0.2) is 0 Å². The lowest BCUT2D eigenvalue weighted by atomic mass is 10.1. The third kappa shape index (κ3) is 1.97. The lowest BCUT2D eigenvalue weighted by Gasteiger charge is -2.14. The Hall–Kier alpha value is -0.570. The number of hydrogen-bond donors (Lipinski definition) is 0. The SMILES string of the molecule is CCCC(CC)n1cnnc1Cl. The highest BCUT2D eigenvalue weighted by molar-refractivity contribution is 6.28. The maximum Gasteiger partial charge on any atom is 0.225 e. The Bertz CT molecular complexity index is 234. The van der Waals surface area contributed by atoms with Gasteiger partial charge in [-0.3, -0.25) is 0 Å². The zero-order valence-corrected chi connectivity index (χ0v) is 8.25. The standard InChI is InChI=1S/C8H14ClN3/c1-3-5-7(4-2)12-6-10-11-8(12)9/h6-7H,3-5H2,1-2H3. The molecule has 0 N–H and O–H groups in total.